The number of carbonyl (C=O) groups is 2. The molecule has 7 nitrogen and oxygen atoms in total. The van der Waals surface area contributed by atoms with Gasteiger partial charge in [-0.1, -0.05) is 24.3 Å². The minimum Gasteiger partial charge on any atom is -0.457 e. The van der Waals surface area contributed by atoms with Crippen LogP contribution in [0.1, 0.15) is 36.8 Å². The first-order valence-corrected chi connectivity index (χ1v) is 12.6. The van der Waals surface area contributed by atoms with Crippen molar-refractivity contribution >= 4 is 11.8 Å². The van der Waals surface area contributed by atoms with E-state index >= 15 is 0 Å². The molecule has 5 rings (SSSR count). The van der Waals surface area contributed by atoms with Crippen LogP contribution in [0, 0.1) is 0 Å². The van der Waals surface area contributed by atoms with Gasteiger partial charge >= 0.3 is 6.18 Å². The van der Waals surface area contributed by atoms with Crippen LogP contribution in [0.5, 0.6) is 11.5 Å². The van der Waals surface area contributed by atoms with Crippen molar-refractivity contribution in [2.45, 2.75) is 63.2 Å². The third-order valence-electron chi connectivity index (χ3n) is 6.88. The van der Waals surface area contributed by atoms with Crippen molar-refractivity contribution in [1.82, 2.24) is 15.1 Å². The van der Waals surface area contributed by atoms with Crippen molar-refractivity contribution < 1.29 is 32.2 Å². The lowest BCUT2D eigenvalue weighted by Gasteiger charge is -2.25. The quantitative estimate of drug-likeness (QED) is 0.666. The number of amides is 2. The fourth-order valence-electron chi connectivity index (χ4n) is 4.86. The maximum Gasteiger partial charge on any atom is 0.389 e. The summed E-state index contributed by atoms with van der Waals surface area (Å²) in [5.41, 5.74) is 1.87. The topological polar surface area (TPSA) is 71.1 Å². The minimum absolute atomic E-state index is 0.113. The lowest BCUT2D eigenvalue weighted by atomic mass is 10.1. The second kappa shape index (κ2) is 10.7. The third-order valence-corrected chi connectivity index (χ3v) is 6.88. The molecule has 2 heterocycles. The Balaban J connectivity index is 1.36. The molecule has 2 aliphatic heterocycles. The van der Waals surface area contributed by atoms with E-state index < -0.39 is 37.1 Å². The highest BCUT2D eigenvalue weighted by molar-refractivity contribution is 5.79. The van der Waals surface area contributed by atoms with Gasteiger partial charge < -0.3 is 19.7 Å². The summed E-state index contributed by atoms with van der Waals surface area (Å²) in [7, 11) is 0. The SMILES string of the molecule is O=C1CN(C2CC2)Cc2cccc(c2)Oc2cccc(c2)CO[C@H]2CN(C(=O)CCC(F)(F)F)C[C@@H]2N1. The molecule has 2 aromatic carbocycles. The Hall–Kier alpha value is -3.11. The van der Waals surface area contributed by atoms with E-state index in [1.54, 1.807) is 0 Å². The summed E-state index contributed by atoms with van der Waals surface area (Å²) in [6.07, 6.45) is -4.70. The Morgan fingerprint density at radius 3 is 2.41 bits per heavy atom. The highest BCUT2D eigenvalue weighted by Crippen LogP contribution is 2.30. The standard InChI is InChI=1S/C27H30F3N3O4/c28-27(29,30)10-9-26(35)33-14-23-24(15-33)36-17-19-4-2-6-22(12-19)37-21-5-1-3-18(11-21)13-32(20-7-8-20)16-25(34)31-23/h1-6,11-12,20,23-24H,7-10,13-17H2,(H,31,34)/t23-,24-/m0/s1. The number of ether oxygens (including phenoxy) is 2. The summed E-state index contributed by atoms with van der Waals surface area (Å²) < 4.78 is 50.2. The van der Waals surface area contributed by atoms with E-state index in [0.29, 0.717) is 24.1 Å². The normalized spacial score (nSPS) is 23.2. The van der Waals surface area contributed by atoms with Gasteiger partial charge in [0.15, 0.2) is 0 Å². The van der Waals surface area contributed by atoms with Gasteiger partial charge in [-0.05, 0) is 48.2 Å². The summed E-state index contributed by atoms with van der Waals surface area (Å²) in [5.74, 6) is 0.566. The van der Waals surface area contributed by atoms with Crippen LogP contribution in [0.15, 0.2) is 48.5 Å². The van der Waals surface area contributed by atoms with E-state index in [1.807, 2.05) is 48.5 Å². The smallest absolute Gasteiger partial charge is 0.389 e. The molecule has 1 saturated carbocycles. The molecule has 2 atom stereocenters. The summed E-state index contributed by atoms with van der Waals surface area (Å²) >= 11 is 0. The number of fused-ring (bicyclic) bond motifs is 5. The first-order valence-electron chi connectivity index (χ1n) is 12.6. The van der Waals surface area contributed by atoms with E-state index in [2.05, 4.69) is 10.2 Å². The average Bonchev–Trinajstić information content (AvgIpc) is 3.62. The van der Waals surface area contributed by atoms with Crippen molar-refractivity contribution in [2.75, 3.05) is 19.6 Å². The fourth-order valence-corrected chi connectivity index (χ4v) is 4.86. The number of halogens is 3. The Labute approximate surface area is 213 Å². The maximum atomic E-state index is 13.1. The van der Waals surface area contributed by atoms with Gasteiger partial charge in [-0.25, -0.2) is 0 Å². The molecule has 1 aliphatic carbocycles. The van der Waals surface area contributed by atoms with E-state index in [9.17, 15) is 22.8 Å². The lowest BCUT2D eigenvalue weighted by molar-refractivity contribution is -0.148. The average molecular weight is 518 g/mol. The molecular weight excluding hydrogens is 487 g/mol. The molecule has 198 valence electrons. The molecule has 2 fully saturated rings. The number of benzene rings is 2. The van der Waals surface area contributed by atoms with Crippen molar-refractivity contribution in [3.63, 3.8) is 0 Å². The van der Waals surface area contributed by atoms with Crippen LogP contribution in [0.25, 0.3) is 0 Å². The van der Waals surface area contributed by atoms with Crippen LogP contribution < -0.4 is 10.1 Å². The molecule has 10 heteroatoms. The largest absolute Gasteiger partial charge is 0.457 e. The van der Waals surface area contributed by atoms with Crippen molar-refractivity contribution in [3.05, 3.63) is 59.7 Å². The maximum absolute atomic E-state index is 13.1. The number of alkyl halides is 3. The predicted octanol–water partition coefficient (Wildman–Crippen LogP) is 4.01. The Morgan fingerprint density at radius 2 is 1.70 bits per heavy atom. The molecule has 0 unspecified atom stereocenters. The predicted molar refractivity (Wildman–Crippen MR) is 129 cm³/mol. The molecule has 0 aromatic heterocycles. The van der Waals surface area contributed by atoms with Crippen molar-refractivity contribution in [2.24, 2.45) is 0 Å². The second-order valence-electron chi connectivity index (χ2n) is 9.97. The number of nitrogens with zero attached hydrogens (tertiary/aromatic N) is 2. The molecule has 2 amide bonds. The monoisotopic (exact) mass is 517 g/mol. The molecule has 3 aliphatic rings. The number of nitrogens with one attached hydrogen (secondary N) is 1. The van der Waals surface area contributed by atoms with Crippen molar-refractivity contribution in [1.29, 1.82) is 0 Å². The minimum atomic E-state index is -4.40. The fraction of sp³-hybridized carbons (Fsp3) is 0.481. The number of hydrogen-bond donors (Lipinski definition) is 1. The number of hydrogen-bond acceptors (Lipinski definition) is 5. The molecule has 0 radical (unpaired) electrons. The van der Waals surface area contributed by atoms with Gasteiger partial charge in [0.05, 0.1) is 31.7 Å². The van der Waals surface area contributed by atoms with E-state index in [4.69, 9.17) is 9.47 Å². The first-order chi connectivity index (χ1) is 17.7. The zero-order valence-corrected chi connectivity index (χ0v) is 20.4. The highest BCUT2D eigenvalue weighted by atomic mass is 19.4. The zero-order valence-electron chi connectivity index (χ0n) is 20.4. The van der Waals surface area contributed by atoms with Crippen LogP contribution in [0.2, 0.25) is 0 Å². The highest BCUT2D eigenvalue weighted by Gasteiger charge is 2.39. The summed E-state index contributed by atoms with van der Waals surface area (Å²) in [6, 6.07) is 15.1. The molecular formula is C27H30F3N3O4. The van der Waals surface area contributed by atoms with Gasteiger partial charge in [0.25, 0.3) is 0 Å². The Kier molecular flexibility index (Phi) is 7.39. The second-order valence-corrected chi connectivity index (χ2v) is 9.97. The summed E-state index contributed by atoms with van der Waals surface area (Å²) in [5, 5.41) is 3.00. The number of carbonyl (C=O) groups excluding carboxylic acids is 2. The third kappa shape index (κ3) is 7.01. The lowest BCUT2D eigenvalue weighted by Crippen LogP contribution is -2.48. The molecule has 1 N–H and O–H groups in total. The molecule has 0 spiro atoms. The van der Waals surface area contributed by atoms with Gasteiger partial charge in [0, 0.05) is 32.1 Å². The van der Waals surface area contributed by atoms with Gasteiger partial charge in [-0.3, -0.25) is 14.5 Å². The molecule has 37 heavy (non-hydrogen) atoms. The first kappa shape index (κ1) is 25.5. The number of likely N-dealkylation sites (tertiary alicyclic amines) is 1. The van der Waals surface area contributed by atoms with Crippen LogP contribution in [-0.2, 0) is 27.5 Å². The molecule has 4 bridgehead atoms. The van der Waals surface area contributed by atoms with E-state index in [-0.39, 0.29) is 32.1 Å². The van der Waals surface area contributed by atoms with Gasteiger partial charge in [-0.2, -0.15) is 13.2 Å². The van der Waals surface area contributed by atoms with E-state index in [0.717, 1.165) is 24.0 Å². The molecule has 1 saturated heterocycles. The van der Waals surface area contributed by atoms with Gasteiger partial charge in [-0.15, -0.1) is 0 Å². The van der Waals surface area contributed by atoms with Crippen LogP contribution in [0.4, 0.5) is 13.2 Å². The van der Waals surface area contributed by atoms with Crippen LogP contribution in [0.3, 0.4) is 0 Å². The van der Waals surface area contributed by atoms with Crippen LogP contribution in [-0.4, -0.2) is 65.6 Å². The van der Waals surface area contributed by atoms with Gasteiger partial charge in [0.1, 0.15) is 11.5 Å². The zero-order chi connectivity index (χ0) is 26.0. The molecule has 2 aromatic rings. The number of rotatable bonds is 3. The van der Waals surface area contributed by atoms with Crippen molar-refractivity contribution in [3.8, 4) is 11.5 Å². The van der Waals surface area contributed by atoms with E-state index in [1.165, 1.54) is 4.90 Å². The van der Waals surface area contributed by atoms with Gasteiger partial charge in [0.2, 0.25) is 11.8 Å². The van der Waals surface area contributed by atoms with Crippen LogP contribution >= 0.6 is 0 Å². The summed E-state index contributed by atoms with van der Waals surface area (Å²) in [4.78, 5) is 29.1. The Bertz CT molecular complexity index is 1140. The summed E-state index contributed by atoms with van der Waals surface area (Å²) in [6.45, 7) is 1.20. The Morgan fingerprint density at radius 1 is 1.00 bits per heavy atom.